The summed E-state index contributed by atoms with van der Waals surface area (Å²) < 4.78 is 31.7. The molecule has 1 aliphatic rings. The summed E-state index contributed by atoms with van der Waals surface area (Å²) in [6, 6.07) is 13.3. The number of benzene rings is 2. The van der Waals surface area contributed by atoms with Gasteiger partial charge < -0.3 is 20.7 Å². The number of hydrogen-bond donors (Lipinski definition) is 4. The van der Waals surface area contributed by atoms with Gasteiger partial charge in [0.2, 0.25) is 0 Å². The third kappa shape index (κ3) is 5.49. The van der Waals surface area contributed by atoms with Gasteiger partial charge in [-0.2, -0.15) is 13.2 Å². The third-order valence-electron chi connectivity index (χ3n) is 4.83. The smallest absolute Gasteiger partial charge is 0.475 e. The highest BCUT2D eigenvalue weighted by Gasteiger charge is 2.38. The number of halogens is 3. The van der Waals surface area contributed by atoms with Gasteiger partial charge in [0.15, 0.2) is 0 Å². The van der Waals surface area contributed by atoms with Crippen molar-refractivity contribution in [3.8, 4) is 0 Å². The lowest BCUT2D eigenvalue weighted by Crippen LogP contribution is -2.38. The zero-order valence-corrected chi connectivity index (χ0v) is 16.6. The summed E-state index contributed by atoms with van der Waals surface area (Å²) >= 11 is 0. The van der Waals surface area contributed by atoms with E-state index in [-0.39, 0.29) is 17.5 Å². The number of fused-ring (bicyclic) bond motifs is 2. The van der Waals surface area contributed by atoms with E-state index in [9.17, 15) is 22.8 Å². The highest BCUT2D eigenvalue weighted by molar-refractivity contribution is 5.97. The first-order valence-electron chi connectivity index (χ1n) is 9.54. The molecule has 1 atom stereocenters. The molecule has 2 heterocycles. The van der Waals surface area contributed by atoms with Crippen LogP contribution in [0, 0.1) is 0 Å². The van der Waals surface area contributed by atoms with Crippen LogP contribution in [0.1, 0.15) is 27.5 Å². The largest absolute Gasteiger partial charge is 0.490 e. The predicted octanol–water partition coefficient (Wildman–Crippen LogP) is 2.17. The SMILES string of the molecule is O=C(NCC1NCCc2ccccc21)c1ccc2c(=O)[nH]cnc2c1.O=C(O)C(F)(F)F. The average molecular weight is 448 g/mol. The van der Waals surface area contributed by atoms with Crippen LogP contribution in [0.5, 0.6) is 0 Å². The first-order valence-corrected chi connectivity index (χ1v) is 9.54. The summed E-state index contributed by atoms with van der Waals surface area (Å²) in [6.07, 6.45) is -2.74. The molecule has 0 radical (unpaired) electrons. The lowest BCUT2D eigenvalue weighted by Gasteiger charge is -2.27. The minimum atomic E-state index is -5.08. The number of aromatic amines is 1. The number of carboxylic acids is 1. The number of nitrogens with one attached hydrogen (secondary N) is 3. The summed E-state index contributed by atoms with van der Waals surface area (Å²) in [7, 11) is 0. The van der Waals surface area contributed by atoms with Gasteiger partial charge in [0.25, 0.3) is 11.5 Å². The maximum atomic E-state index is 12.5. The molecule has 8 nitrogen and oxygen atoms in total. The van der Waals surface area contributed by atoms with E-state index >= 15 is 0 Å². The lowest BCUT2D eigenvalue weighted by atomic mass is 9.94. The van der Waals surface area contributed by atoms with Gasteiger partial charge in [-0.05, 0) is 42.3 Å². The van der Waals surface area contributed by atoms with Gasteiger partial charge in [-0.3, -0.25) is 9.59 Å². The van der Waals surface area contributed by atoms with E-state index in [1.165, 1.54) is 17.5 Å². The standard InChI is InChI=1S/C19H18N4O2.C2HF3O2/c24-18(13-5-6-15-16(9-13)22-11-23-19(15)25)21-10-17-14-4-2-1-3-12(14)7-8-20-17;3-2(4,5)1(6)7/h1-6,9,11,17,20H,7-8,10H2,(H,21,24)(H,22,23,25);(H,6,7). The van der Waals surface area contributed by atoms with E-state index < -0.39 is 12.1 Å². The molecule has 0 aliphatic carbocycles. The summed E-state index contributed by atoms with van der Waals surface area (Å²) in [4.78, 5) is 39.7. The first kappa shape index (κ1) is 22.9. The molecule has 1 unspecified atom stereocenters. The van der Waals surface area contributed by atoms with Crippen molar-refractivity contribution >= 4 is 22.8 Å². The second-order valence-electron chi connectivity index (χ2n) is 6.93. The van der Waals surface area contributed by atoms with Crippen LogP contribution < -0.4 is 16.2 Å². The molecule has 1 aromatic heterocycles. The Kier molecular flexibility index (Phi) is 6.89. The molecule has 0 fully saturated rings. The molecule has 3 aromatic rings. The molecule has 0 saturated heterocycles. The van der Waals surface area contributed by atoms with E-state index in [0.29, 0.717) is 23.0 Å². The fourth-order valence-corrected chi connectivity index (χ4v) is 3.28. The number of hydrogen-bond acceptors (Lipinski definition) is 5. The molecule has 1 aliphatic heterocycles. The van der Waals surface area contributed by atoms with E-state index in [1.54, 1.807) is 18.2 Å². The molecule has 168 valence electrons. The van der Waals surface area contributed by atoms with E-state index in [1.807, 2.05) is 12.1 Å². The summed E-state index contributed by atoms with van der Waals surface area (Å²) in [5.41, 5.74) is 3.36. The van der Waals surface area contributed by atoms with Gasteiger partial charge in [-0.15, -0.1) is 0 Å². The Bertz CT molecular complexity index is 1190. The minimum Gasteiger partial charge on any atom is -0.475 e. The molecule has 1 amide bonds. The van der Waals surface area contributed by atoms with Gasteiger partial charge in [-0.25, -0.2) is 9.78 Å². The van der Waals surface area contributed by atoms with Crippen molar-refractivity contribution in [3.05, 3.63) is 75.8 Å². The van der Waals surface area contributed by atoms with Crippen molar-refractivity contribution < 1.29 is 27.9 Å². The Morgan fingerprint density at radius 3 is 2.62 bits per heavy atom. The molecule has 0 saturated carbocycles. The molecule has 4 rings (SSSR count). The number of nitrogens with zero attached hydrogens (tertiary/aromatic N) is 1. The Morgan fingerprint density at radius 2 is 1.91 bits per heavy atom. The summed E-state index contributed by atoms with van der Waals surface area (Å²) in [5.74, 6) is -2.93. The highest BCUT2D eigenvalue weighted by Crippen LogP contribution is 2.22. The van der Waals surface area contributed by atoms with Gasteiger partial charge in [0.05, 0.1) is 17.2 Å². The molecule has 0 bridgehead atoms. The maximum absolute atomic E-state index is 12.5. The van der Waals surface area contributed by atoms with Crippen molar-refractivity contribution in [2.24, 2.45) is 0 Å². The van der Waals surface area contributed by atoms with Crippen LogP contribution in [0.2, 0.25) is 0 Å². The fourth-order valence-electron chi connectivity index (χ4n) is 3.28. The second kappa shape index (κ2) is 9.60. The van der Waals surface area contributed by atoms with Crippen LogP contribution in [0.3, 0.4) is 0 Å². The third-order valence-corrected chi connectivity index (χ3v) is 4.83. The summed E-state index contributed by atoms with van der Waals surface area (Å²) in [6.45, 7) is 1.41. The van der Waals surface area contributed by atoms with Crippen molar-refractivity contribution in [1.29, 1.82) is 0 Å². The van der Waals surface area contributed by atoms with Gasteiger partial charge >= 0.3 is 12.1 Å². The second-order valence-corrected chi connectivity index (χ2v) is 6.93. The number of carbonyl (C=O) groups excluding carboxylic acids is 1. The number of carbonyl (C=O) groups is 2. The summed E-state index contributed by atoms with van der Waals surface area (Å²) in [5, 5.41) is 14.0. The molecular weight excluding hydrogens is 429 g/mol. The number of carboxylic acid groups (broad SMARTS) is 1. The number of aromatic nitrogens is 2. The van der Waals surface area contributed by atoms with Crippen LogP contribution >= 0.6 is 0 Å². The van der Waals surface area contributed by atoms with Crippen LogP contribution in [0.4, 0.5) is 13.2 Å². The van der Waals surface area contributed by atoms with E-state index in [0.717, 1.165) is 13.0 Å². The molecule has 32 heavy (non-hydrogen) atoms. The van der Waals surface area contributed by atoms with Gasteiger partial charge in [0, 0.05) is 18.2 Å². The maximum Gasteiger partial charge on any atom is 0.490 e. The number of H-pyrrole nitrogens is 1. The Labute approximate surface area is 179 Å². The number of aliphatic carboxylic acids is 1. The fraction of sp³-hybridized carbons (Fsp3) is 0.238. The monoisotopic (exact) mass is 448 g/mol. The molecule has 4 N–H and O–H groups in total. The molecular formula is C21H19F3N4O4. The van der Waals surface area contributed by atoms with Crippen LogP contribution in [0.25, 0.3) is 10.9 Å². The normalized spacial score (nSPS) is 15.3. The number of rotatable bonds is 3. The number of alkyl halides is 3. The topological polar surface area (TPSA) is 124 Å². The van der Waals surface area contributed by atoms with Crippen molar-refractivity contribution in [1.82, 2.24) is 20.6 Å². The van der Waals surface area contributed by atoms with Crippen molar-refractivity contribution in [2.45, 2.75) is 18.6 Å². The quantitative estimate of drug-likeness (QED) is 0.487. The van der Waals surface area contributed by atoms with Crippen LogP contribution in [0.15, 0.2) is 53.6 Å². The van der Waals surface area contributed by atoms with Crippen LogP contribution in [-0.4, -0.2) is 46.2 Å². The van der Waals surface area contributed by atoms with E-state index in [4.69, 9.17) is 9.90 Å². The zero-order chi connectivity index (χ0) is 23.3. The highest BCUT2D eigenvalue weighted by atomic mass is 19.4. The van der Waals surface area contributed by atoms with Gasteiger partial charge in [-0.1, -0.05) is 24.3 Å². The van der Waals surface area contributed by atoms with E-state index in [2.05, 4.69) is 32.7 Å². The van der Waals surface area contributed by atoms with Crippen LogP contribution in [-0.2, 0) is 11.2 Å². The molecule has 0 spiro atoms. The Balaban J connectivity index is 0.000000360. The molecule has 11 heteroatoms. The predicted molar refractivity (Wildman–Crippen MR) is 109 cm³/mol. The lowest BCUT2D eigenvalue weighted by molar-refractivity contribution is -0.192. The molecule has 2 aromatic carbocycles. The van der Waals surface area contributed by atoms with Crippen molar-refractivity contribution in [2.75, 3.05) is 13.1 Å². The Morgan fingerprint density at radius 1 is 1.19 bits per heavy atom. The Hall–Kier alpha value is -3.73. The average Bonchev–Trinajstić information content (AvgIpc) is 2.77. The zero-order valence-electron chi connectivity index (χ0n) is 16.6. The first-order chi connectivity index (χ1) is 15.2. The van der Waals surface area contributed by atoms with Gasteiger partial charge in [0.1, 0.15) is 0 Å². The minimum absolute atomic E-state index is 0.107. The number of amides is 1. The van der Waals surface area contributed by atoms with Crippen molar-refractivity contribution in [3.63, 3.8) is 0 Å².